The van der Waals surface area contributed by atoms with E-state index >= 15 is 0 Å². The molecule has 2 heterocycles. The van der Waals surface area contributed by atoms with Crippen molar-refractivity contribution in [1.82, 2.24) is 4.98 Å². The highest BCUT2D eigenvalue weighted by atomic mass is 32.2. The molecule has 172 valence electrons. The number of amides is 1. The van der Waals surface area contributed by atoms with Crippen LogP contribution < -0.4 is 9.64 Å². The van der Waals surface area contributed by atoms with Gasteiger partial charge in [-0.15, -0.1) is 11.3 Å². The molecule has 0 unspecified atom stereocenters. The van der Waals surface area contributed by atoms with E-state index in [1.807, 2.05) is 96.4 Å². The maximum absolute atomic E-state index is 13.5. The summed E-state index contributed by atoms with van der Waals surface area (Å²) in [6.45, 7) is 4.10. The van der Waals surface area contributed by atoms with E-state index in [0.29, 0.717) is 27.6 Å². The van der Waals surface area contributed by atoms with Crippen LogP contribution in [-0.2, 0) is 4.79 Å². The summed E-state index contributed by atoms with van der Waals surface area (Å²) in [6.07, 6.45) is 3.54. The van der Waals surface area contributed by atoms with Crippen LogP contribution in [0.3, 0.4) is 0 Å². The maximum atomic E-state index is 13.5. The molecule has 0 spiro atoms. The number of hydrogen-bond donors (Lipinski definition) is 0. The van der Waals surface area contributed by atoms with Gasteiger partial charge in [0.2, 0.25) is 5.13 Å². The molecule has 1 aliphatic rings. The van der Waals surface area contributed by atoms with Crippen LogP contribution >= 0.6 is 23.1 Å². The van der Waals surface area contributed by atoms with Crippen molar-refractivity contribution in [2.24, 2.45) is 4.99 Å². The van der Waals surface area contributed by atoms with Gasteiger partial charge in [0, 0.05) is 16.5 Å². The van der Waals surface area contributed by atoms with E-state index in [2.05, 4.69) is 11.6 Å². The molecule has 5 nitrogen and oxygen atoms in total. The van der Waals surface area contributed by atoms with Crippen LogP contribution in [0.25, 0.3) is 17.3 Å². The predicted molar refractivity (Wildman–Crippen MR) is 146 cm³/mol. The van der Waals surface area contributed by atoms with Crippen LogP contribution in [0.4, 0.5) is 10.8 Å². The van der Waals surface area contributed by atoms with Crippen molar-refractivity contribution < 1.29 is 9.53 Å². The molecule has 0 saturated carbocycles. The van der Waals surface area contributed by atoms with Crippen LogP contribution in [0.1, 0.15) is 5.56 Å². The second kappa shape index (κ2) is 10.5. The third-order valence-corrected chi connectivity index (χ3v) is 6.84. The molecule has 0 atom stereocenters. The Morgan fingerprint density at radius 2 is 1.69 bits per heavy atom. The summed E-state index contributed by atoms with van der Waals surface area (Å²) in [6, 6.07) is 27.1. The largest absolute Gasteiger partial charge is 0.489 e. The van der Waals surface area contributed by atoms with E-state index in [1.165, 1.54) is 23.1 Å². The Morgan fingerprint density at radius 1 is 0.971 bits per heavy atom. The highest BCUT2D eigenvalue weighted by Crippen LogP contribution is 2.39. The zero-order valence-electron chi connectivity index (χ0n) is 18.7. The molecule has 4 aromatic rings. The van der Waals surface area contributed by atoms with Crippen molar-refractivity contribution in [1.29, 1.82) is 0 Å². The maximum Gasteiger partial charge on any atom is 0.271 e. The number of carbonyl (C=O) groups is 1. The van der Waals surface area contributed by atoms with E-state index in [-0.39, 0.29) is 5.91 Å². The van der Waals surface area contributed by atoms with Gasteiger partial charge in [-0.05, 0) is 36.0 Å². The zero-order chi connectivity index (χ0) is 24.0. The molecule has 3 aromatic carbocycles. The smallest absolute Gasteiger partial charge is 0.271 e. The van der Waals surface area contributed by atoms with Gasteiger partial charge in [0.05, 0.1) is 16.3 Å². The average Bonchev–Trinajstić information content (AvgIpc) is 3.49. The van der Waals surface area contributed by atoms with E-state index in [4.69, 9.17) is 9.73 Å². The van der Waals surface area contributed by atoms with Gasteiger partial charge in [0.25, 0.3) is 5.91 Å². The van der Waals surface area contributed by atoms with Crippen molar-refractivity contribution in [2.45, 2.75) is 0 Å². The number of aliphatic imine (C=N–C) groups is 1. The normalized spacial score (nSPS) is 15.7. The highest BCUT2D eigenvalue weighted by molar-refractivity contribution is 8.19. The Bertz CT molecular complexity index is 1410. The number of amidine groups is 1. The SMILES string of the molecule is C=CCOc1ccccc1/C=C1\S/C(=N/c2nc(-c3ccccc3)cs2)N(c2ccccc2)C1=O. The first-order chi connectivity index (χ1) is 17.2. The molecule has 0 radical (unpaired) electrons. The van der Waals surface area contributed by atoms with Crippen LogP contribution in [-0.4, -0.2) is 22.7 Å². The van der Waals surface area contributed by atoms with Crippen molar-refractivity contribution in [3.63, 3.8) is 0 Å². The molecule has 5 rings (SSSR count). The molecular formula is C28H21N3O2S2. The van der Waals surface area contributed by atoms with Crippen LogP contribution in [0, 0.1) is 0 Å². The fourth-order valence-electron chi connectivity index (χ4n) is 3.51. The monoisotopic (exact) mass is 495 g/mol. The summed E-state index contributed by atoms with van der Waals surface area (Å²) >= 11 is 2.78. The van der Waals surface area contributed by atoms with E-state index in [0.717, 1.165) is 22.5 Å². The number of para-hydroxylation sites is 2. The van der Waals surface area contributed by atoms with Gasteiger partial charge >= 0.3 is 0 Å². The van der Waals surface area contributed by atoms with Crippen LogP contribution in [0.15, 0.2) is 113 Å². The second-order valence-corrected chi connectivity index (χ2v) is 9.35. The number of carbonyl (C=O) groups excluding carboxylic acids is 1. The third-order valence-electron chi connectivity index (χ3n) is 5.14. The first kappa shape index (κ1) is 22.8. The molecule has 1 saturated heterocycles. The lowest BCUT2D eigenvalue weighted by Gasteiger charge is -2.15. The van der Waals surface area contributed by atoms with Gasteiger partial charge in [0.15, 0.2) is 5.17 Å². The molecule has 7 heteroatoms. The van der Waals surface area contributed by atoms with Gasteiger partial charge < -0.3 is 4.74 Å². The molecule has 1 amide bonds. The number of rotatable bonds is 7. The minimum absolute atomic E-state index is 0.140. The lowest BCUT2D eigenvalue weighted by Crippen LogP contribution is -2.28. The number of thiazole rings is 1. The molecule has 35 heavy (non-hydrogen) atoms. The number of thioether (sulfide) groups is 1. The Morgan fingerprint density at radius 3 is 2.46 bits per heavy atom. The van der Waals surface area contributed by atoms with Crippen molar-refractivity contribution in [3.8, 4) is 17.0 Å². The molecule has 0 bridgehead atoms. The fraction of sp³-hybridized carbons (Fsp3) is 0.0357. The standard InChI is InChI=1S/C28H21N3O2S2/c1-2-17-33-24-16-10-9-13-21(24)18-25-26(32)31(22-14-7-4-8-15-22)28(35-25)30-27-29-23(19-34-27)20-11-5-3-6-12-20/h2-16,18-19H,1,17H2/b25-18-,30-28+. The van der Waals surface area contributed by atoms with Gasteiger partial charge in [-0.3, -0.25) is 9.69 Å². The van der Waals surface area contributed by atoms with E-state index in [9.17, 15) is 4.79 Å². The molecule has 0 aliphatic carbocycles. The quantitative estimate of drug-likeness (QED) is 0.201. The number of benzene rings is 3. The molecule has 1 fully saturated rings. The number of aromatic nitrogens is 1. The summed E-state index contributed by atoms with van der Waals surface area (Å²) in [4.78, 5) is 25.2. The predicted octanol–water partition coefficient (Wildman–Crippen LogP) is 7.18. The number of ether oxygens (including phenoxy) is 1. The highest BCUT2D eigenvalue weighted by Gasteiger charge is 2.35. The molecule has 1 aliphatic heterocycles. The summed E-state index contributed by atoms with van der Waals surface area (Å²) in [5.41, 5.74) is 3.46. The van der Waals surface area contributed by atoms with E-state index < -0.39 is 0 Å². The average molecular weight is 496 g/mol. The molecule has 1 aromatic heterocycles. The van der Waals surface area contributed by atoms with Crippen LogP contribution in [0.5, 0.6) is 5.75 Å². The lowest BCUT2D eigenvalue weighted by molar-refractivity contribution is -0.113. The van der Waals surface area contributed by atoms with Gasteiger partial charge in [-0.1, -0.05) is 79.4 Å². The first-order valence-corrected chi connectivity index (χ1v) is 12.6. The summed E-state index contributed by atoms with van der Waals surface area (Å²) < 4.78 is 5.78. The number of nitrogens with zero attached hydrogens (tertiary/aromatic N) is 3. The zero-order valence-corrected chi connectivity index (χ0v) is 20.3. The topological polar surface area (TPSA) is 54.8 Å². The second-order valence-electron chi connectivity index (χ2n) is 7.50. The van der Waals surface area contributed by atoms with Crippen molar-refractivity contribution in [2.75, 3.05) is 11.5 Å². The fourth-order valence-corrected chi connectivity index (χ4v) is 5.24. The van der Waals surface area contributed by atoms with Crippen molar-refractivity contribution in [3.05, 3.63) is 113 Å². The first-order valence-electron chi connectivity index (χ1n) is 10.9. The molecular weight excluding hydrogens is 474 g/mol. The Labute approximate surface area is 212 Å². The van der Waals surface area contributed by atoms with Crippen LogP contribution in [0.2, 0.25) is 0 Å². The van der Waals surface area contributed by atoms with Crippen molar-refractivity contribution >= 4 is 51.1 Å². The third kappa shape index (κ3) is 5.11. The Kier molecular flexibility index (Phi) is 6.88. The summed E-state index contributed by atoms with van der Waals surface area (Å²) in [5, 5.41) is 3.13. The minimum Gasteiger partial charge on any atom is -0.489 e. The minimum atomic E-state index is -0.140. The lowest BCUT2D eigenvalue weighted by atomic mass is 10.2. The molecule has 0 N–H and O–H groups in total. The summed E-state index contributed by atoms with van der Waals surface area (Å²) in [5.74, 6) is 0.552. The van der Waals surface area contributed by atoms with E-state index in [1.54, 1.807) is 11.0 Å². The Balaban J connectivity index is 1.52. The Hall–Kier alpha value is -3.94. The van der Waals surface area contributed by atoms with Gasteiger partial charge in [0.1, 0.15) is 12.4 Å². The van der Waals surface area contributed by atoms with Gasteiger partial charge in [-0.2, -0.15) is 4.99 Å². The summed E-state index contributed by atoms with van der Waals surface area (Å²) in [7, 11) is 0. The number of hydrogen-bond acceptors (Lipinski definition) is 6. The number of anilines is 1. The van der Waals surface area contributed by atoms with Gasteiger partial charge in [-0.25, -0.2) is 4.98 Å².